The van der Waals surface area contributed by atoms with Crippen molar-refractivity contribution in [3.8, 4) is 22.3 Å². The molecule has 5 nitrogen and oxygen atoms in total. The van der Waals surface area contributed by atoms with Gasteiger partial charge in [-0.05, 0) is 30.7 Å². The highest BCUT2D eigenvalue weighted by Crippen LogP contribution is 2.31. The van der Waals surface area contributed by atoms with Crippen LogP contribution in [-0.2, 0) is 0 Å². The van der Waals surface area contributed by atoms with Gasteiger partial charge in [0.15, 0.2) is 6.29 Å². The summed E-state index contributed by atoms with van der Waals surface area (Å²) in [6.07, 6.45) is 3.66. The summed E-state index contributed by atoms with van der Waals surface area (Å²) in [6.45, 7) is 1.79. The van der Waals surface area contributed by atoms with Crippen LogP contribution in [-0.4, -0.2) is 16.4 Å². The lowest BCUT2D eigenvalue weighted by molar-refractivity contribution is 0.112. The molecule has 2 aromatic heterocycles. The lowest BCUT2D eigenvalue weighted by Crippen LogP contribution is -1.96. The fraction of sp³-hybridized carbons (Fsp3) is 0.0625. The fourth-order valence-electron chi connectivity index (χ4n) is 2.22. The molecule has 0 fully saturated rings. The van der Waals surface area contributed by atoms with Gasteiger partial charge in [-0.3, -0.25) is 4.79 Å². The van der Waals surface area contributed by atoms with E-state index in [4.69, 9.17) is 10.3 Å². The van der Waals surface area contributed by atoms with Gasteiger partial charge in [0.1, 0.15) is 17.4 Å². The average molecular weight is 297 g/mol. The highest BCUT2D eigenvalue weighted by atomic mass is 19.1. The lowest BCUT2D eigenvalue weighted by atomic mass is 10.0. The maximum atomic E-state index is 13.8. The predicted molar refractivity (Wildman–Crippen MR) is 79.7 cm³/mol. The largest absolute Gasteiger partial charge is 0.383 e. The van der Waals surface area contributed by atoms with E-state index in [1.807, 2.05) is 0 Å². The molecule has 0 atom stereocenters. The monoisotopic (exact) mass is 297 g/mol. The summed E-state index contributed by atoms with van der Waals surface area (Å²) in [5.74, 6) is 0.328. The van der Waals surface area contributed by atoms with E-state index in [0.717, 1.165) is 11.1 Å². The predicted octanol–water partition coefficient (Wildman–Crippen LogP) is 3.25. The lowest BCUT2D eigenvalue weighted by Gasteiger charge is -2.08. The van der Waals surface area contributed by atoms with Crippen molar-refractivity contribution in [3.05, 3.63) is 53.8 Å². The third-order valence-electron chi connectivity index (χ3n) is 3.42. The third-order valence-corrected chi connectivity index (χ3v) is 3.42. The number of aldehydes is 1. The van der Waals surface area contributed by atoms with E-state index >= 15 is 0 Å². The van der Waals surface area contributed by atoms with Crippen LogP contribution in [0.5, 0.6) is 0 Å². The number of nitrogens with two attached hydrogens (primary N) is 1. The van der Waals surface area contributed by atoms with Crippen molar-refractivity contribution in [2.45, 2.75) is 6.92 Å². The highest BCUT2D eigenvalue weighted by Gasteiger charge is 2.12. The summed E-state index contributed by atoms with van der Waals surface area (Å²) < 4.78 is 18.8. The van der Waals surface area contributed by atoms with Gasteiger partial charge in [-0.1, -0.05) is 11.2 Å². The van der Waals surface area contributed by atoms with Crippen molar-refractivity contribution in [2.75, 3.05) is 5.73 Å². The number of halogens is 1. The number of aryl methyl sites for hydroxylation is 1. The van der Waals surface area contributed by atoms with Gasteiger partial charge in [0.2, 0.25) is 0 Å². The Labute approximate surface area is 125 Å². The number of rotatable bonds is 3. The van der Waals surface area contributed by atoms with Gasteiger partial charge in [0, 0.05) is 22.9 Å². The molecule has 0 spiro atoms. The van der Waals surface area contributed by atoms with E-state index in [9.17, 15) is 9.18 Å². The zero-order valence-electron chi connectivity index (χ0n) is 11.7. The Morgan fingerprint density at radius 1 is 1.18 bits per heavy atom. The third kappa shape index (κ3) is 2.35. The van der Waals surface area contributed by atoms with Gasteiger partial charge in [-0.2, -0.15) is 0 Å². The highest BCUT2D eigenvalue weighted by molar-refractivity contribution is 5.82. The van der Waals surface area contributed by atoms with E-state index < -0.39 is 5.82 Å². The van der Waals surface area contributed by atoms with Crippen LogP contribution in [0, 0.1) is 12.7 Å². The molecule has 22 heavy (non-hydrogen) atoms. The smallest absolute Gasteiger partial charge is 0.152 e. The molecule has 6 heteroatoms. The maximum Gasteiger partial charge on any atom is 0.152 e. The van der Waals surface area contributed by atoms with Crippen LogP contribution in [0.3, 0.4) is 0 Å². The Balaban J connectivity index is 2.13. The summed E-state index contributed by atoms with van der Waals surface area (Å²) in [5, 5.41) is 3.73. The summed E-state index contributed by atoms with van der Waals surface area (Å²) in [4.78, 5) is 14.8. The van der Waals surface area contributed by atoms with E-state index in [2.05, 4.69) is 10.1 Å². The van der Waals surface area contributed by atoms with Crippen LogP contribution >= 0.6 is 0 Å². The van der Waals surface area contributed by atoms with Crippen molar-refractivity contribution in [2.24, 2.45) is 0 Å². The van der Waals surface area contributed by atoms with Gasteiger partial charge in [0.25, 0.3) is 0 Å². The molecule has 0 aliphatic carbocycles. The number of benzene rings is 1. The number of carbonyl (C=O) groups excluding carboxylic acids is 1. The second-order valence-corrected chi connectivity index (χ2v) is 4.81. The number of anilines is 1. The summed E-state index contributed by atoms with van der Waals surface area (Å²) >= 11 is 0. The van der Waals surface area contributed by atoms with Crippen molar-refractivity contribution in [3.63, 3.8) is 0 Å². The van der Waals surface area contributed by atoms with Crippen LogP contribution < -0.4 is 5.73 Å². The van der Waals surface area contributed by atoms with Gasteiger partial charge >= 0.3 is 0 Å². The number of nitrogens with zero attached hydrogens (tertiary/aromatic N) is 2. The minimum Gasteiger partial charge on any atom is -0.383 e. The molecule has 0 aliphatic rings. The van der Waals surface area contributed by atoms with Crippen LogP contribution in [0.25, 0.3) is 22.3 Å². The molecule has 0 saturated carbocycles. The summed E-state index contributed by atoms with van der Waals surface area (Å²) in [6, 6.07) is 6.09. The normalized spacial score (nSPS) is 10.6. The minimum atomic E-state index is -0.599. The Morgan fingerprint density at radius 2 is 2.00 bits per heavy atom. The minimum absolute atomic E-state index is 0.00122. The molecule has 2 heterocycles. The van der Waals surface area contributed by atoms with E-state index in [1.165, 1.54) is 12.1 Å². The molecule has 0 bridgehead atoms. The molecule has 110 valence electrons. The van der Waals surface area contributed by atoms with Crippen molar-refractivity contribution in [1.82, 2.24) is 10.1 Å². The zero-order chi connectivity index (χ0) is 15.7. The van der Waals surface area contributed by atoms with Gasteiger partial charge in [-0.15, -0.1) is 0 Å². The summed E-state index contributed by atoms with van der Waals surface area (Å²) in [7, 11) is 0. The number of aromatic nitrogens is 2. The Hall–Kier alpha value is -3.02. The van der Waals surface area contributed by atoms with Crippen LogP contribution in [0.15, 0.2) is 41.2 Å². The van der Waals surface area contributed by atoms with Gasteiger partial charge < -0.3 is 10.3 Å². The number of nitrogen functional groups attached to an aromatic ring is 1. The summed E-state index contributed by atoms with van der Waals surface area (Å²) in [5.41, 5.74) is 8.57. The first-order valence-corrected chi connectivity index (χ1v) is 6.52. The molecule has 0 radical (unpaired) electrons. The zero-order valence-corrected chi connectivity index (χ0v) is 11.7. The second kappa shape index (κ2) is 5.40. The molecule has 0 aliphatic heterocycles. The standard InChI is InChI=1S/C16H12FN3O2/c1-9-14(7-20-22-9)12-4-13(16(18)19-6-12)10-2-3-11(8-21)15(17)5-10/h2-8H,1H3,(H2,18,19). The molecule has 3 aromatic rings. The molecule has 1 aromatic carbocycles. The first-order chi connectivity index (χ1) is 10.6. The van der Waals surface area contributed by atoms with Gasteiger partial charge in [0.05, 0.1) is 11.8 Å². The molecule has 3 rings (SSSR count). The van der Waals surface area contributed by atoms with Gasteiger partial charge in [-0.25, -0.2) is 9.37 Å². The molecule has 0 unspecified atom stereocenters. The Morgan fingerprint density at radius 3 is 2.64 bits per heavy atom. The molecule has 0 amide bonds. The number of pyridine rings is 1. The van der Waals surface area contributed by atoms with E-state index in [-0.39, 0.29) is 11.4 Å². The van der Waals surface area contributed by atoms with Crippen LogP contribution in [0.2, 0.25) is 0 Å². The number of hydrogen-bond donors (Lipinski definition) is 1. The number of hydrogen-bond acceptors (Lipinski definition) is 5. The van der Waals surface area contributed by atoms with Crippen LogP contribution in [0.1, 0.15) is 16.1 Å². The molecular formula is C16H12FN3O2. The van der Waals surface area contributed by atoms with Crippen molar-refractivity contribution < 1.29 is 13.7 Å². The quantitative estimate of drug-likeness (QED) is 0.750. The average Bonchev–Trinajstić information content (AvgIpc) is 2.94. The fourth-order valence-corrected chi connectivity index (χ4v) is 2.22. The maximum absolute atomic E-state index is 13.8. The van der Waals surface area contributed by atoms with Crippen molar-refractivity contribution >= 4 is 12.1 Å². The second-order valence-electron chi connectivity index (χ2n) is 4.81. The number of carbonyl (C=O) groups is 1. The first-order valence-electron chi connectivity index (χ1n) is 6.52. The first kappa shape index (κ1) is 13.9. The van der Waals surface area contributed by atoms with E-state index in [0.29, 0.717) is 23.2 Å². The van der Waals surface area contributed by atoms with Crippen LogP contribution in [0.4, 0.5) is 10.2 Å². The van der Waals surface area contributed by atoms with Crippen molar-refractivity contribution in [1.29, 1.82) is 0 Å². The SMILES string of the molecule is Cc1oncc1-c1cnc(N)c(-c2ccc(C=O)c(F)c2)c1. The molecular weight excluding hydrogens is 285 g/mol. The Bertz CT molecular complexity index is 858. The molecule has 2 N–H and O–H groups in total. The topological polar surface area (TPSA) is 82.0 Å². The Kier molecular flexibility index (Phi) is 3.42. The molecule has 0 saturated heterocycles. The van der Waals surface area contributed by atoms with E-state index in [1.54, 1.807) is 31.5 Å².